The molecule has 0 fully saturated rings. The average Bonchev–Trinajstić information content (AvgIpc) is 2.52. The van der Waals surface area contributed by atoms with Gasteiger partial charge in [-0.2, -0.15) is 13.2 Å². The number of nitrogens with zero attached hydrogens (tertiary/aromatic N) is 1. The van der Waals surface area contributed by atoms with E-state index in [1.807, 2.05) is 0 Å². The zero-order valence-electron chi connectivity index (χ0n) is 12.2. The first-order valence-corrected chi connectivity index (χ1v) is 7.01. The third-order valence-electron chi connectivity index (χ3n) is 2.89. The molecule has 0 saturated heterocycles. The van der Waals surface area contributed by atoms with Crippen LogP contribution in [0.4, 0.5) is 19.0 Å². The number of pyridine rings is 1. The highest BCUT2D eigenvalue weighted by Gasteiger charge is 2.31. The minimum atomic E-state index is -4.47. The van der Waals surface area contributed by atoms with Crippen LogP contribution in [0.3, 0.4) is 0 Å². The molecule has 8 heteroatoms. The van der Waals surface area contributed by atoms with Gasteiger partial charge in [-0.1, -0.05) is 11.6 Å². The zero-order chi connectivity index (χ0) is 16.9. The van der Waals surface area contributed by atoms with Crippen molar-refractivity contribution in [1.29, 1.82) is 0 Å². The molecule has 0 atom stereocenters. The molecule has 2 aromatic rings. The minimum Gasteiger partial charge on any atom is -0.497 e. The van der Waals surface area contributed by atoms with Crippen molar-refractivity contribution in [2.45, 2.75) is 6.18 Å². The van der Waals surface area contributed by atoms with E-state index >= 15 is 0 Å². The lowest BCUT2D eigenvalue weighted by Crippen LogP contribution is -2.13. The fraction of sp³-hybridized carbons (Fsp3) is 0.267. The molecule has 1 heterocycles. The summed E-state index contributed by atoms with van der Waals surface area (Å²) < 4.78 is 48.0. The molecule has 2 rings (SSSR count). The molecular formula is C15H14ClF3N2O2. The number of ether oxygens (including phenoxy) is 2. The van der Waals surface area contributed by atoms with Gasteiger partial charge < -0.3 is 14.8 Å². The van der Waals surface area contributed by atoms with Crippen molar-refractivity contribution in [2.75, 3.05) is 25.6 Å². The van der Waals surface area contributed by atoms with Gasteiger partial charge in [-0.05, 0) is 30.3 Å². The summed E-state index contributed by atoms with van der Waals surface area (Å²) >= 11 is 5.79. The van der Waals surface area contributed by atoms with Crippen molar-refractivity contribution >= 4 is 17.4 Å². The summed E-state index contributed by atoms with van der Waals surface area (Å²) in [6, 6.07) is 7.86. The molecule has 4 nitrogen and oxygen atoms in total. The number of hydrogen-bond donors (Lipinski definition) is 1. The lowest BCUT2D eigenvalue weighted by atomic mass is 10.3. The van der Waals surface area contributed by atoms with E-state index in [9.17, 15) is 13.2 Å². The van der Waals surface area contributed by atoms with Gasteiger partial charge in [0.15, 0.2) is 0 Å². The Bertz CT molecular complexity index is 648. The molecular weight excluding hydrogens is 333 g/mol. The van der Waals surface area contributed by atoms with Crippen LogP contribution in [-0.4, -0.2) is 25.2 Å². The first-order valence-electron chi connectivity index (χ1n) is 6.63. The summed E-state index contributed by atoms with van der Waals surface area (Å²) in [6.07, 6.45) is -3.73. The highest BCUT2D eigenvalue weighted by Crippen LogP contribution is 2.32. The highest BCUT2D eigenvalue weighted by molar-refractivity contribution is 6.32. The van der Waals surface area contributed by atoms with Crippen LogP contribution in [0.1, 0.15) is 5.56 Å². The fourth-order valence-electron chi connectivity index (χ4n) is 1.73. The summed E-state index contributed by atoms with van der Waals surface area (Å²) in [5, 5.41) is 2.73. The van der Waals surface area contributed by atoms with Crippen molar-refractivity contribution in [2.24, 2.45) is 0 Å². The van der Waals surface area contributed by atoms with Gasteiger partial charge in [0.25, 0.3) is 0 Å². The minimum absolute atomic E-state index is 0.0933. The Balaban J connectivity index is 1.84. The number of methoxy groups -OCH3 is 1. The van der Waals surface area contributed by atoms with Crippen LogP contribution < -0.4 is 14.8 Å². The Morgan fingerprint density at radius 1 is 1.17 bits per heavy atom. The van der Waals surface area contributed by atoms with Gasteiger partial charge in [0.1, 0.15) is 23.9 Å². The molecule has 0 aliphatic heterocycles. The van der Waals surface area contributed by atoms with Gasteiger partial charge in [0, 0.05) is 6.20 Å². The van der Waals surface area contributed by atoms with Crippen LogP contribution in [-0.2, 0) is 6.18 Å². The van der Waals surface area contributed by atoms with Gasteiger partial charge in [0.05, 0.1) is 24.2 Å². The summed E-state index contributed by atoms with van der Waals surface area (Å²) in [6.45, 7) is 0.634. The lowest BCUT2D eigenvalue weighted by molar-refractivity contribution is -0.137. The van der Waals surface area contributed by atoms with Crippen molar-refractivity contribution in [3.8, 4) is 11.5 Å². The van der Waals surface area contributed by atoms with E-state index in [1.165, 1.54) is 0 Å². The Kier molecular flexibility index (Phi) is 5.54. The van der Waals surface area contributed by atoms with Crippen molar-refractivity contribution in [3.63, 3.8) is 0 Å². The quantitative estimate of drug-likeness (QED) is 0.794. The topological polar surface area (TPSA) is 43.4 Å². The van der Waals surface area contributed by atoms with Gasteiger partial charge in [0.2, 0.25) is 0 Å². The number of alkyl halides is 3. The number of halogens is 4. The number of benzene rings is 1. The number of anilines is 1. The molecule has 23 heavy (non-hydrogen) atoms. The predicted octanol–water partition coefficient (Wildman–Crippen LogP) is 4.25. The smallest absolute Gasteiger partial charge is 0.417 e. The summed E-state index contributed by atoms with van der Waals surface area (Å²) in [4.78, 5) is 3.68. The number of aromatic nitrogens is 1. The molecule has 1 N–H and O–H groups in total. The van der Waals surface area contributed by atoms with E-state index < -0.39 is 11.7 Å². The van der Waals surface area contributed by atoms with Crippen LogP contribution in [0.15, 0.2) is 36.5 Å². The molecule has 0 aliphatic carbocycles. The van der Waals surface area contributed by atoms with Gasteiger partial charge in [-0.3, -0.25) is 0 Å². The standard InChI is InChI=1S/C15H14ClF3N2O2/c1-22-11-2-4-12(5-3-11)23-7-6-20-14-13(16)8-10(9-21-14)15(17,18)19/h2-5,8-9H,6-7H2,1H3,(H,20,21). The first kappa shape index (κ1) is 17.2. The molecule has 0 amide bonds. The van der Waals surface area contributed by atoms with Crippen molar-refractivity contribution in [1.82, 2.24) is 4.98 Å². The third kappa shape index (κ3) is 4.92. The second kappa shape index (κ2) is 7.41. The van der Waals surface area contributed by atoms with E-state index in [1.54, 1.807) is 31.4 Å². The van der Waals surface area contributed by atoms with E-state index in [-0.39, 0.29) is 10.8 Å². The molecule has 1 aromatic heterocycles. The number of rotatable bonds is 6. The molecule has 0 spiro atoms. The summed E-state index contributed by atoms with van der Waals surface area (Å²) in [5.41, 5.74) is -0.887. The maximum atomic E-state index is 12.5. The molecule has 0 saturated carbocycles. The van der Waals surface area contributed by atoms with Gasteiger partial charge >= 0.3 is 6.18 Å². The average molecular weight is 347 g/mol. The van der Waals surface area contributed by atoms with E-state index in [0.29, 0.717) is 18.9 Å². The Morgan fingerprint density at radius 2 is 1.83 bits per heavy atom. The number of nitrogens with one attached hydrogen (secondary N) is 1. The lowest BCUT2D eigenvalue weighted by Gasteiger charge is -2.11. The molecule has 0 unspecified atom stereocenters. The maximum absolute atomic E-state index is 12.5. The molecule has 0 bridgehead atoms. The third-order valence-corrected chi connectivity index (χ3v) is 3.18. The Labute approximate surface area is 136 Å². The first-order chi connectivity index (χ1) is 10.9. The predicted molar refractivity (Wildman–Crippen MR) is 81.2 cm³/mol. The second-order valence-electron chi connectivity index (χ2n) is 4.50. The van der Waals surface area contributed by atoms with Crippen LogP contribution in [0.5, 0.6) is 11.5 Å². The maximum Gasteiger partial charge on any atom is 0.417 e. The van der Waals surface area contributed by atoms with Gasteiger partial charge in [-0.15, -0.1) is 0 Å². The molecule has 1 aromatic carbocycles. The van der Waals surface area contributed by atoms with E-state index in [4.69, 9.17) is 21.1 Å². The van der Waals surface area contributed by atoms with Crippen LogP contribution in [0.25, 0.3) is 0 Å². The normalized spacial score (nSPS) is 11.2. The highest BCUT2D eigenvalue weighted by atomic mass is 35.5. The van der Waals surface area contributed by atoms with Crippen molar-refractivity contribution in [3.05, 3.63) is 47.1 Å². The number of hydrogen-bond acceptors (Lipinski definition) is 4. The Morgan fingerprint density at radius 3 is 2.39 bits per heavy atom. The van der Waals surface area contributed by atoms with Gasteiger partial charge in [-0.25, -0.2) is 4.98 Å². The van der Waals surface area contributed by atoms with Crippen molar-refractivity contribution < 1.29 is 22.6 Å². The SMILES string of the molecule is COc1ccc(OCCNc2ncc(C(F)(F)F)cc2Cl)cc1. The van der Waals surface area contributed by atoms with Crippen LogP contribution in [0.2, 0.25) is 5.02 Å². The Hall–Kier alpha value is -2.15. The molecule has 0 aliphatic rings. The second-order valence-corrected chi connectivity index (χ2v) is 4.91. The summed E-state index contributed by atoms with van der Waals surface area (Å²) in [7, 11) is 1.57. The molecule has 0 radical (unpaired) electrons. The van der Waals surface area contributed by atoms with Crippen LogP contribution >= 0.6 is 11.6 Å². The molecule has 124 valence electrons. The van der Waals surface area contributed by atoms with Crippen LogP contribution in [0, 0.1) is 0 Å². The zero-order valence-corrected chi connectivity index (χ0v) is 12.9. The largest absolute Gasteiger partial charge is 0.497 e. The van der Waals surface area contributed by atoms with E-state index in [0.717, 1.165) is 18.0 Å². The van der Waals surface area contributed by atoms with E-state index in [2.05, 4.69) is 10.3 Å². The fourth-order valence-corrected chi connectivity index (χ4v) is 1.97. The summed E-state index contributed by atoms with van der Waals surface area (Å²) in [5.74, 6) is 1.55. The monoisotopic (exact) mass is 346 g/mol.